The van der Waals surface area contributed by atoms with E-state index >= 15 is 9.59 Å². The third-order valence-electron chi connectivity index (χ3n) is 18.0. The van der Waals surface area contributed by atoms with Gasteiger partial charge in [-0.3, -0.25) is 44.6 Å². The first-order valence-corrected chi connectivity index (χ1v) is 32.4. The molecule has 0 radical (unpaired) electrons. The second-order valence-corrected chi connectivity index (χ2v) is 24.9. The predicted octanol–water partition coefficient (Wildman–Crippen LogP) is -11.8. The number of guanidine groups is 2. The molecule has 0 saturated carbocycles. The molecule has 25 N–H and O–H groups in total. The quantitative estimate of drug-likeness (QED) is 0.0279. The molecule has 4 fully saturated rings. The van der Waals surface area contributed by atoms with Crippen LogP contribution in [0.4, 0.5) is 0 Å². The number of rotatable bonds is 23. The van der Waals surface area contributed by atoms with Crippen LogP contribution in [-0.2, 0) is 63.7 Å². The minimum absolute atomic E-state index is 0.00752. The molecule has 6 aliphatic rings. The number of nitrogens with two attached hydrogens (primary N) is 2. The number of hydrogen-bond acceptors (Lipinski definition) is 31. The van der Waals surface area contributed by atoms with Crippen LogP contribution in [-0.4, -0.2) is 317 Å². The fourth-order valence-electron chi connectivity index (χ4n) is 12.2. The van der Waals surface area contributed by atoms with Gasteiger partial charge >= 0.3 is 11.9 Å². The van der Waals surface area contributed by atoms with Gasteiger partial charge in [0.15, 0.2) is 12.2 Å². The monoisotopic (exact) mass is 1410 g/mol. The van der Waals surface area contributed by atoms with E-state index < -0.39 is 240 Å². The number of benzene rings is 2. The number of nitrogens with one attached hydrogen (secondary N) is 8. The Bertz CT molecular complexity index is 3140. The number of carbonyl (C=O) groups excluding carboxylic acids is 7. The van der Waals surface area contributed by atoms with Crippen LogP contribution in [0, 0.1) is 0 Å². The first-order chi connectivity index (χ1) is 47.2. The molecule has 8 rings (SSSR count). The molecule has 0 aliphatic carbocycles. The van der Waals surface area contributed by atoms with Crippen molar-refractivity contribution < 1.29 is 133 Å². The maximum atomic E-state index is 15.2. The topological polar surface area (TPSA) is 602 Å². The van der Waals surface area contributed by atoms with Crippen molar-refractivity contribution in [3.05, 3.63) is 65.7 Å². The van der Waals surface area contributed by atoms with Crippen LogP contribution in [0.3, 0.4) is 0 Å². The average Bonchev–Trinajstić information content (AvgIpc) is 1.75. The molecule has 38 nitrogen and oxygen atoms in total. The lowest BCUT2D eigenvalue weighted by molar-refractivity contribution is -0.663. The fraction of sp³-hybridized carbons (Fsp3) is 0.656. The predicted molar refractivity (Wildman–Crippen MR) is 335 cm³/mol. The van der Waals surface area contributed by atoms with Crippen LogP contribution in [0.2, 0.25) is 0 Å². The minimum Gasteiger partial charge on any atom is -0.463 e. The van der Waals surface area contributed by atoms with Gasteiger partial charge in [0, 0.05) is 25.3 Å². The van der Waals surface area contributed by atoms with Gasteiger partial charge in [0.1, 0.15) is 141 Å². The van der Waals surface area contributed by atoms with Gasteiger partial charge in [0.2, 0.25) is 48.0 Å². The molecule has 6 aliphatic heterocycles. The summed E-state index contributed by atoms with van der Waals surface area (Å²) in [6.07, 6.45) is -29.0. The Kier molecular flexibility index (Phi) is 27.4. The summed E-state index contributed by atoms with van der Waals surface area (Å²) in [5.74, 6) is -9.56. The summed E-state index contributed by atoms with van der Waals surface area (Å²) in [5.41, 5.74) is 12.9. The summed E-state index contributed by atoms with van der Waals surface area (Å²) >= 11 is 0. The lowest BCUT2D eigenvalue weighted by Crippen LogP contribution is -2.68. The van der Waals surface area contributed by atoms with E-state index in [0.29, 0.717) is 12.0 Å². The van der Waals surface area contributed by atoms with Gasteiger partial charge in [0.25, 0.3) is 0 Å². The van der Waals surface area contributed by atoms with Crippen molar-refractivity contribution in [1.82, 2.24) is 42.5 Å². The van der Waals surface area contributed by atoms with Crippen molar-refractivity contribution in [2.75, 3.05) is 46.1 Å². The number of aliphatic hydroxyl groups is 13. The van der Waals surface area contributed by atoms with Gasteiger partial charge in [-0.15, -0.1) is 0 Å². The highest BCUT2D eigenvalue weighted by Gasteiger charge is 2.55. The van der Waals surface area contributed by atoms with E-state index in [1.165, 1.54) is 24.3 Å². The van der Waals surface area contributed by atoms with Gasteiger partial charge < -0.3 is 138 Å². The van der Waals surface area contributed by atoms with Gasteiger partial charge in [-0.25, -0.2) is 9.57 Å². The van der Waals surface area contributed by atoms with Crippen molar-refractivity contribution in [2.24, 2.45) is 16.5 Å². The van der Waals surface area contributed by atoms with Gasteiger partial charge in [-0.05, 0) is 29.7 Å². The van der Waals surface area contributed by atoms with Crippen molar-refractivity contribution in [3.8, 4) is 5.75 Å². The molecule has 0 bridgehead atoms. The molecule has 0 aromatic heterocycles. The average molecular weight is 1410 g/mol. The Labute approximate surface area is 566 Å². The van der Waals surface area contributed by atoms with Crippen LogP contribution in [0.5, 0.6) is 5.75 Å². The first-order valence-electron chi connectivity index (χ1n) is 32.4. The summed E-state index contributed by atoms with van der Waals surface area (Å²) < 4.78 is 35.6. The lowest BCUT2D eigenvalue weighted by atomic mass is 9.92. The number of hydrogen-bond donors (Lipinski definition) is 23. The Morgan fingerprint density at radius 3 is 1.87 bits per heavy atom. The summed E-state index contributed by atoms with van der Waals surface area (Å²) in [4.78, 5) is 105. The summed E-state index contributed by atoms with van der Waals surface area (Å²) in [6.45, 7) is -1.56. The Morgan fingerprint density at radius 1 is 0.616 bits per heavy atom. The molecule has 2 aromatic carbocycles. The standard InChI is InChI=1S/C61H90N12O26/c1-3-4-5-9-12-37(78)94-24-35-51(99-59-49(87)46(84)44(82)34(23-76)97-59)47(85)50(88)58(98-35)95-28-15-13-26(14-16-28)17-29-53(90)71-39(41(79)30-18-65-60(62)69-30)56(93)72-40(42(80)32-19-66-61(63)73(32)57-48(86)45(83)43(81)33(22-75)96-57)55(92)68-31(21-74)52(89)64-20-36(77)70-38(54(91)67-29)25(2)27-10-7-6-8-11-27/h6-8,10-11,13-16,25,29-35,38-51,57-59,74-76,79-88H,3-5,9,12,17-24H2,1-2H3,(H11,62,63,64,65,66,67,68,69,70,71,72,77,89,90,91,92,93)/p+1/t25-,29-,30+,31?,32+,33+,34+,35-,38-,39+,40-,41-,42-,43+,44+,45+,46+,47+,48+,49+,50-,51+,57-,58-,59+/m1/s1. The second-order valence-electron chi connectivity index (χ2n) is 24.9. The summed E-state index contributed by atoms with van der Waals surface area (Å²) in [6, 6.07) is 0.794. The molecular weight excluding hydrogens is 1320 g/mol. The lowest BCUT2D eigenvalue weighted by Gasteiger charge is -2.46. The molecule has 550 valence electrons. The number of amides is 6. The number of aliphatic imine (C=N–C) groups is 1. The van der Waals surface area contributed by atoms with Crippen molar-refractivity contribution >= 4 is 53.3 Å². The normalized spacial score (nSPS) is 35.4. The molecule has 38 heteroatoms. The van der Waals surface area contributed by atoms with E-state index in [0.717, 1.165) is 23.8 Å². The van der Waals surface area contributed by atoms with Crippen molar-refractivity contribution in [3.63, 3.8) is 0 Å². The Hall–Kier alpha value is -7.61. The van der Waals surface area contributed by atoms with Crippen LogP contribution >= 0.6 is 0 Å². The van der Waals surface area contributed by atoms with Crippen molar-refractivity contribution in [2.45, 2.75) is 205 Å². The Morgan fingerprint density at radius 2 is 1.22 bits per heavy atom. The first kappa shape index (κ1) is 77.1. The third kappa shape index (κ3) is 18.7. The van der Waals surface area contributed by atoms with E-state index in [2.05, 4.69) is 47.5 Å². The van der Waals surface area contributed by atoms with Crippen LogP contribution in [0.25, 0.3) is 0 Å². The smallest absolute Gasteiger partial charge is 0.346 e. The summed E-state index contributed by atoms with van der Waals surface area (Å²) in [5, 5.41) is 162. The maximum Gasteiger partial charge on any atom is 0.346 e. The summed E-state index contributed by atoms with van der Waals surface area (Å²) in [7, 11) is 0. The van der Waals surface area contributed by atoms with Crippen LogP contribution in [0.15, 0.2) is 59.6 Å². The highest BCUT2D eigenvalue weighted by atomic mass is 16.7. The molecule has 1 unspecified atom stereocenters. The largest absolute Gasteiger partial charge is 0.463 e. The van der Waals surface area contributed by atoms with Crippen LogP contribution in [0.1, 0.15) is 63.0 Å². The minimum atomic E-state index is -2.34. The number of esters is 1. The van der Waals surface area contributed by atoms with E-state index in [1.54, 1.807) is 37.3 Å². The molecule has 2 aromatic rings. The zero-order valence-electron chi connectivity index (χ0n) is 54.0. The third-order valence-corrected chi connectivity index (χ3v) is 18.0. The molecule has 99 heavy (non-hydrogen) atoms. The molecular formula is C61H91N12O26+. The Balaban J connectivity index is 1.11. The second kappa shape index (κ2) is 35.1. The highest BCUT2D eigenvalue weighted by molar-refractivity contribution is 5.98. The van der Waals surface area contributed by atoms with E-state index in [1.807, 2.05) is 6.92 Å². The SMILES string of the molecule is CCCCCCC(=O)OC[C@H]1O[C@@H](Oc2ccc(C[C@H]3NC(=O)[C@@H]([C@H](C)c4ccccc4)NC(=O)CNC(=O)C(CO)NC(=O)[C@@H]([C@H](O)[C@@H]4CNC(N)=[N+]4[C@@H]4O[C@@H](CO)[C@H](O)[C@H](O)[C@@H]4O)NC(=O)[C@H]([C@H](O)[C@@H]4CNC(N)=N4)NC3=O)cc2)[C@H](O)[C@H](O)[C@H]1O[C@@H]1O[C@@H](CO)[C@H](O)[C@H](O)[C@@H]1O. The number of unbranched alkanes of at least 4 members (excludes halogenated alkanes) is 3. The zero-order chi connectivity index (χ0) is 72.1. The number of aliphatic hydroxyl groups excluding tert-OH is 13. The number of carbonyl (C=O) groups is 7. The maximum absolute atomic E-state index is 15.2. The van der Waals surface area contributed by atoms with Gasteiger partial charge in [0.05, 0.1) is 32.4 Å². The van der Waals surface area contributed by atoms with Crippen molar-refractivity contribution in [1.29, 1.82) is 0 Å². The van der Waals surface area contributed by atoms with E-state index in [9.17, 15) is 90.4 Å². The number of ether oxygens (including phenoxy) is 6. The molecule has 6 amide bonds. The zero-order valence-corrected chi connectivity index (χ0v) is 54.0. The number of nitrogens with zero attached hydrogens (tertiary/aromatic N) is 2. The molecule has 4 saturated heterocycles. The molecule has 0 spiro atoms. The fourth-order valence-corrected chi connectivity index (χ4v) is 12.2. The van der Waals surface area contributed by atoms with Crippen LogP contribution < -0.4 is 58.7 Å². The van der Waals surface area contributed by atoms with E-state index in [4.69, 9.17) is 39.9 Å². The van der Waals surface area contributed by atoms with E-state index in [-0.39, 0.29) is 36.2 Å². The van der Waals surface area contributed by atoms with Gasteiger partial charge in [-0.1, -0.05) is 75.6 Å². The molecule has 6 heterocycles. The van der Waals surface area contributed by atoms with Gasteiger partial charge in [-0.2, -0.15) is 0 Å². The highest BCUT2D eigenvalue weighted by Crippen LogP contribution is 2.32. The molecule has 25 atom stereocenters.